The van der Waals surface area contributed by atoms with E-state index < -0.39 is 0 Å². The fourth-order valence-electron chi connectivity index (χ4n) is 2.18. The Hall–Kier alpha value is -2.49. The molecule has 0 aromatic heterocycles. The van der Waals surface area contributed by atoms with Crippen molar-refractivity contribution in [2.45, 2.75) is 27.3 Å². The highest BCUT2D eigenvalue weighted by atomic mass is 16.5. The SMILES string of the molecule is CCOc1ccc(C(=O)NCc2ccc(C)cc2)cc1OCC. The van der Waals surface area contributed by atoms with Crippen LogP contribution in [0, 0.1) is 6.92 Å². The van der Waals surface area contributed by atoms with Gasteiger partial charge < -0.3 is 14.8 Å². The van der Waals surface area contributed by atoms with Crippen LogP contribution < -0.4 is 14.8 Å². The Morgan fingerprint density at radius 2 is 1.61 bits per heavy atom. The van der Waals surface area contributed by atoms with Crippen LogP contribution in [0.4, 0.5) is 0 Å². The summed E-state index contributed by atoms with van der Waals surface area (Å²) < 4.78 is 11.1. The van der Waals surface area contributed by atoms with Crippen molar-refractivity contribution in [3.05, 3.63) is 59.2 Å². The molecule has 1 amide bonds. The van der Waals surface area contributed by atoms with Gasteiger partial charge in [0.2, 0.25) is 0 Å². The summed E-state index contributed by atoms with van der Waals surface area (Å²) in [6, 6.07) is 13.3. The molecule has 0 atom stereocenters. The molecule has 0 aliphatic rings. The largest absolute Gasteiger partial charge is 0.490 e. The maximum Gasteiger partial charge on any atom is 0.251 e. The summed E-state index contributed by atoms with van der Waals surface area (Å²) in [5, 5.41) is 2.92. The number of ether oxygens (including phenoxy) is 2. The normalized spacial score (nSPS) is 10.2. The third-order valence-corrected chi connectivity index (χ3v) is 3.38. The van der Waals surface area contributed by atoms with Gasteiger partial charge >= 0.3 is 0 Å². The molecule has 0 fully saturated rings. The summed E-state index contributed by atoms with van der Waals surface area (Å²) in [7, 11) is 0. The van der Waals surface area contributed by atoms with Gasteiger partial charge in [0.05, 0.1) is 13.2 Å². The predicted octanol–water partition coefficient (Wildman–Crippen LogP) is 3.72. The lowest BCUT2D eigenvalue weighted by Crippen LogP contribution is -2.22. The molecule has 0 saturated heterocycles. The molecular weight excluding hydrogens is 290 g/mol. The van der Waals surface area contributed by atoms with Crippen molar-refractivity contribution in [2.75, 3.05) is 13.2 Å². The maximum atomic E-state index is 12.3. The second-order valence-corrected chi connectivity index (χ2v) is 5.20. The standard InChI is InChI=1S/C19H23NO3/c1-4-22-17-11-10-16(12-18(17)23-5-2)19(21)20-13-15-8-6-14(3)7-9-15/h6-12H,4-5,13H2,1-3H3,(H,20,21). The number of hydrogen-bond acceptors (Lipinski definition) is 3. The average molecular weight is 313 g/mol. The first-order valence-corrected chi connectivity index (χ1v) is 7.87. The van der Waals surface area contributed by atoms with Crippen LogP contribution in [0.5, 0.6) is 11.5 Å². The Morgan fingerprint density at radius 1 is 0.957 bits per heavy atom. The summed E-state index contributed by atoms with van der Waals surface area (Å²) >= 11 is 0. The van der Waals surface area contributed by atoms with Gasteiger partial charge in [0, 0.05) is 12.1 Å². The maximum absolute atomic E-state index is 12.3. The highest BCUT2D eigenvalue weighted by Gasteiger charge is 2.11. The van der Waals surface area contributed by atoms with E-state index in [1.54, 1.807) is 18.2 Å². The topological polar surface area (TPSA) is 47.6 Å². The summed E-state index contributed by atoms with van der Waals surface area (Å²) in [5.74, 6) is 1.12. The molecule has 2 rings (SSSR count). The van der Waals surface area contributed by atoms with Gasteiger partial charge in [0.25, 0.3) is 5.91 Å². The van der Waals surface area contributed by atoms with Gasteiger partial charge in [-0.2, -0.15) is 0 Å². The second kappa shape index (κ2) is 8.22. The molecule has 122 valence electrons. The van der Waals surface area contributed by atoms with Gasteiger partial charge in [-0.05, 0) is 44.5 Å². The number of carbonyl (C=O) groups is 1. The van der Waals surface area contributed by atoms with Crippen LogP contribution in [-0.4, -0.2) is 19.1 Å². The van der Waals surface area contributed by atoms with Gasteiger partial charge in [-0.1, -0.05) is 29.8 Å². The lowest BCUT2D eigenvalue weighted by molar-refractivity contribution is 0.0950. The fourth-order valence-corrected chi connectivity index (χ4v) is 2.18. The van der Waals surface area contributed by atoms with E-state index in [1.807, 2.05) is 45.0 Å². The Morgan fingerprint density at radius 3 is 2.26 bits per heavy atom. The smallest absolute Gasteiger partial charge is 0.251 e. The van der Waals surface area contributed by atoms with Crippen LogP contribution in [0.3, 0.4) is 0 Å². The molecule has 2 aromatic rings. The van der Waals surface area contributed by atoms with Gasteiger partial charge in [-0.25, -0.2) is 0 Å². The molecule has 4 nitrogen and oxygen atoms in total. The Balaban J connectivity index is 2.06. The van der Waals surface area contributed by atoms with Gasteiger partial charge in [-0.3, -0.25) is 4.79 Å². The molecule has 1 N–H and O–H groups in total. The van der Waals surface area contributed by atoms with Gasteiger partial charge in [0.15, 0.2) is 11.5 Å². The van der Waals surface area contributed by atoms with E-state index in [1.165, 1.54) is 5.56 Å². The second-order valence-electron chi connectivity index (χ2n) is 5.20. The molecule has 0 bridgehead atoms. The predicted molar refractivity (Wildman–Crippen MR) is 91.1 cm³/mol. The molecule has 0 radical (unpaired) electrons. The molecule has 2 aromatic carbocycles. The molecule has 4 heteroatoms. The summed E-state index contributed by atoms with van der Waals surface area (Å²) in [6.45, 7) is 7.43. The summed E-state index contributed by atoms with van der Waals surface area (Å²) in [4.78, 5) is 12.3. The number of nitrogens with one attached hydrogen (secondary N) is 1. The van der Waals surface area contributed by atoms with E-state index >= 15 is 0 Å². The monoisotopic (exact) mass is 313 g/mol. The lowest BCUT2D eigenvalue weighted by Gasteiger charge is -2.12. The van der Waals surface area contributed by atoms with Crippen molar-refractivity contribution in [2.24, 2.45) is 0 Å². The Bertz CT molecular complexity index is 650. The molecule has 0 unspecified atom stereocenters. The zero-order valence-corrected chi connectivity index (χ0v) is 13.9. The van der Waals surface area contributed by atoms with E-state index in [-0.39, 0.29) is 5.91 Å². The number of benzene rings is 2. The summed E-state index contributed by atoms with van der Waals surface area (Å²) in [5.41, 5.74) is 2.83. The first-order valence-electron chi connectivity index (χ1n) is 7.87. The number of aryl methyl sites for hydroxylation is 1. The van der Waals surface area contributed by atoms with Crippen LogP contribution in [0.1, 0.15) is 35.3 Å². The molecule has 23 heavy (non-hydrogen) atoms. The van der Waals surface area contributed by atoms with E-state index in [2.05, 4.69) is 5.32 Å². The van der Waals surface area contributed by atoms with E-state index in [0.29, 0.717) is 36.8 Å². The van der Waals surface area contributed by atoms with Crippen LogP contribution >= 0.6 is 0 Å². The van der Waals surface area contributed by atoms with Crippen molar-refractivity contribution >= 4 is 5.91 Å². The van der Waals surface area contributed by atoms with Crippen molar-refractivity contribution in [1.29, 1.82) is 0 Å². The molecular formula is C19H23NO3. The van der Waals surface area contributed by atoms with Crippen LogP contribution in [-0.2, 0) is 6.54 Å². The minimum Gasteiger partial charge on any atom is -0.490 e. The van der Waals surface area contributed by atoms with Crippen molar-refractivity contribution < 1.29 is 14.3 Å². The van der Waals surface area contributed by atoms with Crippen LogP contribution in [0.25, 0.3) is 0 Å². The van der Waals surface area contributed by atoms with Crippen LogP contribution in [0.2, 0.25) is 0 Å². The van der Waals surface area contributed by atoms with Crippen molar-refractivity contribution in [3.63, 3.8) is 0 Å². The van der Waals surface area contributed by atoms with Crippen LogP contribution in [0.15, 0.2) is 42.5 Å². The Kier molecular flexibility index (Phi) is 6.03. The number of carbonyl (C=O) groups excluding carboxylic acids is 1. The minimum absolute atomic E-state index is 0.130. The highest BCUT2D eigenvalue weighted by Crippen LogP contribution is 2.28. The minimum atomic E-state index is -0.130. The third kappa shape index (κ3) is 4.74. The first-order chi connectivity index (χ1) is 11.1. The molecule has 0 aliphatic heterocycles. The molecule has 0 heterocycles. The number of rotatable bonds is 7. The third-order valence-electron chi connectivity index (χ3n) is 3.38. The molecule has 0 saturated carbocycles. The van der Waals surface area contributed by atoms with E-state index in [0.717, 1.165) is 5.56 Å². The zero-order valence-electron chi connectivity index (χ0n) is 13.9. The lowest BCUT2D eigenvalue weighted by atomic mass is 10.1. The number of hydrogen-bond donors (Lipinski definition) is 1. The average Bonchev–Trinajstić information content (AvgIpc) is 2.56. The number of amides is 1. The van der Waals surface area contributed by atoms with Crippen molar-refractivity contribution in [3.8, 4) is 11.5 Å². The quantitative estimate of drug-likeness (QED) is 0.847. The van der Waals surface area contributed by atoms with E-state index in [4.69, 9.17) is 9.47 Å². The molecule has 0 spiro atoms. The van der Waals surface area contributed by atoms with Gasteiger partial charge in [0.1, 0.15) is 0 Å². The molecule has 0 aliphatic carbocycles. The van der Waals surface area contributed by atoms with Gasteiger partial charge in [-0.15, -0.1) is 0 Å². The summed E-state index contributed by atoms with van der Waals surface area (Å²) in [6.07, 6.45) is 0. The van der Waals surface area contributed by atoms with E-state index in [9.17, 15) is 4.79 Å². The zero-order chi connectivity index (χ0) is 16.7. The first kappa shape index (κ1) is 16.9. The van der Waals surface area contributed by atoms with Crippen molar-refractivity contribution in [1.82, 2.24) is 5.32 Å². The Labute approximate surface area is 137 Å². The highest BCUT2D eigenvalue weighted by molar-refractivity contribution is 5.94. The fraction of sp³-hybridized carbons (Fsp3) is 0.316.